The number of rotatable bonds is 4. The first kappa shape index (κ1) is 14.3. The van der Waals surface area contributed by atoms with Crippen molar-refractivity contribution < 1.29 is 14.8 Å². The summed E-state index contributed by atoms with van der Waals surface area (Å²) < 4.78 is 0. The van der Waals surface area contributed by atoms with E-state index in [1.165, 1.54) is 42.5 Å². The summed E-state index contributed by atoms with van der Waals surface area (Å²) >= 11 is 0. The lowest BCUT2D eigenvalue weighted by Gasteiger charge is -2.07. The van der Waals surface area contributed by atoms with E-state index in [-0.39, 0.29) is 23.8 Å². The average Bonchev–Trinajstić information content (AvgIpc) is 2.43. The Morgan fingerprint density at radius 1 is 1.24 bits per heavy atom. The number of phenolic OH excluding ortho intramolecular Hbond substituents is 1. The minimum absolute atomic E-state index is 0.00276. The van der Waals surface area contributed by atoms with E-state index in [0.717, 1.165) is 0 Å². The fourth-order valence-corrected chi connectivity index (χ4v) is 1.79. The molecule has 0 aliphatic heterocycles. The predicted molar refractivity (Wildman–Crippen MR) is 77.9 cm³/mol. The molecule has 7 heteroatoms. The highest BCUT2D eigenvalue weighted by Gasteiger charge is 2.09. The minimum Gasteiger partial charge on any atom is -0.508 e. The Morgan fingerprint density at radius 2 is 1.90 bits per heavy atom. The van der Waals surface area contributed by atoms with Crippen molar-refractivity contribution in [1.29, 1.82) is 0 Å². The second kappa shape index (κ2) is 5.91. The maximum atomic E-state index is 11.9. The first-order valence-electron chi connectivity index (χ1n) is 6.07. The molecule has 2 rings (SSSR count). The number of non-ortho nitro benzene ring substituents is 1. The van der Waals surface area contributed by atoms with Crippen molar-refractivity contribution in [3.05, 3.63) is 58.1 Å². The second-order valence-corrected chi connectivity index (χ2v) is 4.41. The van der Waals surface area contributed by atoms with Crippen LogP contribution in [-0.2, 0) is 11.2 Å². The molecule has 2 aromatic carbocycles. The summed E-state index contributed by atoms with van der Waals surface area (Å²) in [5.74, 6) is -0.302. The molecular formula is C14H13N3O4. The smallest absolute Gasteiger partial charge is 0.269 e. The van der Waals surface area contributed by atoms with Crippen LogP contribution in [0.15, 0.2) is 42.5 Å². The van der Waals surface area contributed by atoms with E-state index in [0.29, 0.717) is 16.9 Å². The van der Waals surface area contributed by atoms with Gasteiger partial charge in [0.2, 0.25) is 5.91 Å². The van der Waals surface area contributed by atoms with Gasteiger partial charge in [0, 0.05) is 23.5 Å². The Balaban J connectivity index is 2.04. The number of carbonyl (C=O) groups excluding carboxylic acids is 1. The SMILES string of the molecule is Nc1ccc(O)cc1CC(=O)Nc1ccc([N+](=O)[O-])cc1. The number of amides is 1. The van der Waals surface area contributed by atoms with Gasteiger partial charge in [0.15, 0.2) is 0 Å². The molecule has 0 spiro atoms. The molecule has 0 aliphatic carbocycles. The summed E-state index contributed by atoms with van der Waals surface area (Å²) in [6.07, 6.45) is -0.00276. The number of benzene rings is 2. The quantitative estimate of drug-likeness (QED) is 0.344. The summed E-state index contributed by atoms with van der Waals surface area (Å²) in [4.78, 5) is 21.9. The molecule has 0 saturated carbocycles. The van der Waals surface area contributed by atoms with Crippen LogP contribution < -0.4 is 11.1 Å². The zero-order valence-electron chi connectivity index (χ0n) is 10.9. The monoisotopic (exact) mass is 287 g/mol. The second-order valence-electron chi connectivity index (χ2n) is 4.41. The molecule has 2 aromatic rings. The summed E-state index contributed by atoms with van der Waals surface area (Å²) in [5, 5.41) is 22.5. The number of nitro benzene ring substituents is 1. The van der Waals surface area contributed by atoms with Gasteiger partial charge in [-0.1, -0.05) is 0 Å². The van der Waals surface area contributed by atoms with Gasteiger partial charge in [0.25, 0.3) is 5.69 Å². The highest BCUT2D eigenvalue weighted by atomic mass is 16.6. The number of carbonyl (C=O) groups is 1. The van der Waals surface area contributed by atoms with Gasteiger partial charge in [0.1, 0.15) is 5.75 Å². The highest BCUT2D eigenvalue weighted by Crippen LogP contribution is 2.20. The Bertz CT molecular complexity index is 683. The molecule has 0 radical (unpaired) electrons. The number of aromatic hydroxyl groups is 1. The zero-order valence-corrected chi connectivity index (χ0v) is 10.9. The Hall–Kier alpha value is -3.09. The van der Waals surface area contributed by atoms with Gasteiger partial charge in [-0.2, -0.15) is 0 Å². The third-order valence-electron chi connectivity index (χ3n) is 2.84. The van der Waals surface area contributed by atoms with Gasteiger partial charge in [0.05, 0.1) is 11.3 Å². The number of hydrogen-bond acceptors (Lipinski definition) is 5. The van der Waals surface area contributed by atoms with Crippen molar-refractivity contribution in [3.8, 4) is 5.75 Å². The molecular weight excluding hydrogens is 274 g/mol. The first-order chi connectivity index (χ1) is 9.95. The van der Waals surface area contributed by atoms with Crippen LogP contribution in [0.4, 0.5) is 17.1 Å². The standard InChI is InChI=1S/C14H13N3O4/c15-13-6-5-12(18)7-9(13)8-14(19)16-10-1-3-11(4-2-10)17(20)21/h1-7,18H,8,15H2,(H,16,19). The third kappa shape index (κ3) is 3.69. The number of nitrogen functional groups attached to an aromatic ring is 1. The van der Waals surface area contributed by atoms with Gasteiger partial charge in [-0.05, 0) is 35.9 Å². The minimum atomic E-state index is -0.515. The molecule has 21 heavy (non-hydrogen) atoms. The van der Waals surface area contributed by atoms with E-state index >= 15 is 0 Å². The molecule has 108 valence electrons. The molecule has 0 aliphatic rings. The van der Waals surface area contributed by atoms with Crippen LogP contribution in [0.2, 0.25) is 0 Å². The van der Waals surface area contributed by atoms with Gasteiger partial charge in [-0.25, -0.2) is 0 Å². The van der Waals surface area contributed by atoms with E-state index in [9.17, 15) is 20.0 Å². The predicted octanol–water partition coefficient (Wildman–Crippen LogP) is 2.06. The summed E-state index contributed by atoms with van der Waals surface area (Å²) in [6, 6.07) is 9.88. The Kier molecular flexibility index (Phi) is 4.03. The Morgan fingerprint density at radius 3 is 2.52 bits per heavy atom. The molecule has 0 heterocycles. The lowest BCUT2D eigenvalue weighted by atomic mass is 10.1. The van der Waals surface area contributed by atoms with Crippen LogP contribution >= 0.6 is 0 Å². The van der Waals surface area contributed by atoms with Crippen LogP contribution in [0.3, 0.4) is 0 Å². The van der Waals surface area contributed by atoms with Crippen LogP contribution in [0.25, 0.3) is 0 Å². The van der Waals surface area contributed by atoms with Crippen molar-refractivity contribution >= 4 is 23.0 Å². The number of hydrogen-bond donors (Lipinski definition) is 3. The molecule has 0 bridgehead atoms. The fourth-order valence-electron chi connectivity index (χ4n) is 1.79. The van der Waals surface area contributed by atoms with E-state index in [2.05, 4.69) is 5.32 Å². The Labute approximate surface area is 120 Å². The van der Waals surface area contributed by atoms with Crippen LogP contribution in [0.5, 0.6) is 5.75 Å². The topological polar surface area (TPSA) is 118 Å². The van der Waals surface area contributed by atoms with Gasteiger partial charge in [-0.15, -0.1) is 0 Å². The molecule has 0 saturated heterocycles. The van der Waals surface area contributed by atoms with Crippen LogP contribution in [-0.4, -0.2) is 15.9 Å². The zero-order chi connectivity index (χ0) is 15.4. The molecule has 0 aromatic heterocycles. The molecule has 7 nitrogen and oxygen atoms in total. The first-order valence-corrected chi connectivity index (χ1v) is 6.07. The van der Waals surface area contributed by atoms with Crippen LogP contribution in [0.1, 0.15) is 5.56 Å². The molecule has 0 fully saturated rings. The number of nitrogens with zero attached hydrogens (tertiary/aromatic N) is 1. The molecule has 0 unspecified atom stereocenters. The average molecular weight is 287 g/mol. The molecule has 4 N–H and O–H groups in total. The molecule has 1 amide bonds. The normalized spacial score (nSPS) is 10.1. The number of nitrogens with one attached hydrogen (secondary N) is 1. The molecule has 0 atom stereocenters. The summed E-state index contributed by atoms with van der Waals surface area (Å²) in [5.41, 5.74) is 7.03. The fraction of sp³-hybridized carbons (Fsp3) is 0.0714. The third-order valence-corrected chi connectivity index (χ3v) is 2.84. The number of phenols is 1. The van der Waals surface area contributed by atoms with Crippen molar-refractivity contribution in [2.24, 2.45) is 0 Å². The van der Waals surface area contributed by atoms with E-state index < -0.39 is 4.92 Å². The number of anilines is 2. The largest absolute Gasteiger partial charge is 0.508 e. The van der Waals surface area contributed by atoms with E-state index in [4.69, 9.17) is 5.73 Å². The maximum Gasteiger partial charge on any atom is 0.269 e. The summed E-state index contributed by atoms with van der Waals surface area (Å²) in [7, 11) is 0. The van der Waals surface area contributed by atoms with Gasteiger partial charge < -0.3 is 16.2 Å². The number of nitro groups is 1. The van der Waals surface area contributed by atoms with Gasteiger partial charge in [-0.3, -0.25) is 14.9 Å². The lowest BCUT2D eigenvalue weighted by Crippen LogP contribution is -2.15. The van der Waals surface area contributed by atoms with Crippen molar-refractivity contribution in [2.75, 3.05) is 11.1 Å². The number of nitrogens with two attached hydrogens (primary N) is 1. The van der Waals surface area contributed by atoms with Crippen molar-refractivity contribution in [3.63, 3.8) is 0 Å². The van der Waals surface area contributed by atoms with Gasteiger partial charge >= 0.3 is 0 Å². The maximum absolute atomic E-state index is 11.9. The van der Waals surface area contributed by atoms with Crippen molar-refractivity contribution in [2.45, 2.75) is 6.42 Å². The highest BCUT2D eigenvalue weighted by molar-refractivity contribution is 5.93. The van der Waals surface area contributed by atoms with E-state index in [1.54, 1.807) is 0 Å². The van der Waals surface area contributed by atoms with E-state index in [1.807, 2.05) is 0 Å². The summed E-state index contributed by atoms with van der Waals surface area (Å²) in [6.45, 7) is 0. The van der Waals surface area contributed by atoms with Crippen molar-refractivity contribution in [1.82, 2.24) is 0 Å². The lowest BCUT2D eigenvalue weighted by molar-refractivity contribution is -0.384. The van der Waals surface area contributed by atoms with Crippen LogP contribution in [0, 0.1) is 10.1 Å².